The zero-order chi connectivity index (χ0) is 14.6. The molecule has 20 heavy (non-hydrogen) atoms. The molecule has 0 aromatic heterocycles. The highest BCUT2D eigenvalue weighted by Gasteiger charge is 2.24. The van der Waals surface area contributed by atoms with Crippen LogP contribution in [-0.4, -0.2) is 19.2 Å². The van der Waals surface area contributed by atoms with Gasteiger partial charge in [0.1, 0.15) is 12.4 Å². The van der Waals surface area contributed by atoms with Crippen LogP contribution in [0.15, 0.2) is 42.5 Å². The van der Waals surface area contributed by atoms with Crippen LogP contribution in [0.5, 0.6) is 5.75 Å². The average Bonchev–Trinajstić information content (AvgIpc) is 2.42. The molecule has 1 atom stereocenters. The Morgan fingerprint density at radius 2 is 1.75 bits per heavy atom. The minimum absolute atomic E-state index is 0.181. The summed E-state index contributed by atoms with van der Waals surface area (Å²) in [5, 5.41) is 5.92. The third-order valence-corrected chi connectivity index (χ3v) is 3.65. The summed E-state index contributed by atoms with van der Waals surface area (Å²) in [7, 11) is 0. The average molecular weight is 271 g/mol. The van der Waals surface area contributed by atoms with Gasteiger partial charge in [0.15, 0.2) is 0 Å². The molecule has 0 heterocycles. The molecule has 0 amide bonds. The first-order valence-corrected chi connectivity index (χ1v) is 7.36. The van der Waals surface area contributed by atoms with Gasteiger partial charge in [-0.15, -0.1) is 0 Å². The van der Waals surface area contributed by atoms with Crippen LogP contribution < -0.4 is 10.1 Å². The van der Waals surface area contributed by atoms with E-state index in [-0.39, 0.29) is 5.41 Å². The van der Waals surface area contributed by atoms with Crippen molar-refractivity contribution in [3.8, 4) is 5.75 Å². The van der Waals surface area contributed by atoms with E-state index in [1.165, 1.54) is 10.8 Å². The van der Waals surface area contributed by atoms with Gasteiger partial charge in [-0.2, -0.15) is 0 Å². The minimum Gasteiger partial charge on any atom is -0.491 e. The number of hydrogen-bond donors (Lipinski definition) is 1. The Morgan fingerprint density at radius 3 is 2.45 bits per heavy atom. The Morgan fingerprint density at radius 1 is 1.05 bits per heavy atom. The fraction of sp³-hybridized carbons (Fsp3) is 0.444. The molecule has 2 aromatic carbocycles. The molecule has 2 nitrogen and oxygen atoms in total. The van der Waals surface area contributed by atoms with Crippen molar-refractivity contribution in [2.75, 3.05) is 13.2 Å². The lowest BCUT2D eigenvalue weighted by atomic mass is 9.87. The first-order chi connectivity index (χ1) is 9.52. The molecular weight excluding hydrogens is 246 g/mol. The molecule has 0 radical (unpaired) electrons. The van der Waals surface area contributed by atoms with Crippen molar-refractivity contribution < 1.29 is 4.74 Å². The van der Waals surface area contributed by atoms with Gasteiger partial charge >= 0.3 is 0 Å². The van der Waals surface area contributed by atoms with E-state index in [1.54, 1.807) is 0 Å². The summed E-state index contributed by atoms with van der Waals surface area (Å²) in [5.41, 5.74) is 0.181. The van der Waals surface area contributed by atoms with Crippen LogP contribution in [0.25, 0.3) is 10.8 Å². The van der Waals surface area contributed by atoms with Crippen LogP contribution in [-0.2, 0) is 0 Å². The van der Waals surface area contributed by atoms with Crippen LogP contribution in [0.4, 0.5) is 0 Å². The maximum absolute atomic E-state index is 6.10. The topological polar surface area (TPSA) is 21.3 Å². The van der Waals surface area contributed by atoms with Gasteiger partial charge < -0.3 is 10.1 Å². The SMILES string of the molecule is CCNC(COc1cccc2ccccc12)C(C)(C)C. The second-order valence-corrected chi connectivity index (χ2v) is 6.26. The highest BCUT2D eigenvalue weighted by Crippen LogP contribution is 2.26. The number of likely N-dealkylation sites (N-methyl/N-ethyl adjacent to an activating group) is 1. The standard InChI is InChI=1S/C18H25NO/c1-5-19-17(18(2,3)4)13-20-16-12-8-10-14-9-6-7-11-15(14)16/h6-12,17,19H,5,13H2,1-4H3. The molecular formula is C18H25NO. The number of ether oxygens (including phenoxy) is 1. The van der Waals surface area contributed by atoms with Crippen molar-refractivity contribution in [3.63, 3.8) is 0 Å². The molecule has 1 unspecified atom stereocenters. The van der Waals surface area contributed by atoms with E-state index in [0.29, 0.717) is 12.6 Å². The molecule has 1 N–H and O–H groups in total. The van der Waals surface area contributed by atoms with Crippen LogP contribution in [0.2, 0.25) is 0 Å². The van der Waals surface area contributed by atoms with Gasteiger partial charge in [0.05, 0.1) is 0 Å². The molecule has 2 rings (SSSR count). The van der Waals surface area contributed by atoms with Gasteiger partial charge in [0, 0.05) is 11.4 Å². The number of fused-ring (bicyclic) bond motifs is 1. The largest absolute Gasteiger partial charge is 0.491 e. The summed E-state index contributed by atoms with van der Waals surface area (Å²) in [5.74, 6) is 0.968. The van der Waals surface area contributed by atoms with Gasteiger partial charge in [-0.1, -0.05) is 64.1 Å². The van der Waals surface area contributed by atoms with E-state index < -0.39 is 0 Å². The van der Waals surface area contributed by atoms with Crippen molar-refractivity contribution in [2.45, 2.75) is 33.7 Å². The van der Waals surface area contributed by atoms with E-state index >= 15 is 0 Å². The quantitative estimate of drug-likeness (QED) is 0.878. The molecule has 0 saturated heterocycles. The number of rotatable bonds is 5. The smallest absolute Gasteiger partial charge is 0.127 e. The first-order valence-electron chi connectivity index (χ1n) is 7.36. The van der Waals surface area contributed by atoms with Crippen LogP contribution in [0.1, 0.15) is 27.7 Å². The lowest BCUT2D eigenvalue weighted by molar-refractivity contribution is 0.177. The van der Waals surface area contributed by atoms with Crippen molar-refractivity contribution >= 4 is 10.8 Å². The molecule has 0 aliphatic rings. The first kappa shape index (κ1) is 14.9. The maximum atomic E-state index is 6.10. The molecule has 2 aromatic rings. The molecule has 0 fully saturated rings. The lowest BCUT2D eigenvalue weighted by Gasteiger charge is -2.31. The third kappa shape index (κ3) is 3.51. The second kappa shape index (κ2) is 6.27. The molecule has 108 valence electrons. The minimum atomic E-state index is 0.181. The van der Waals surface area contributed by atoms with Crippen molar-refractivity contribution in [1.29, 1.82) is 0 Å². The van der Waals surface area contributed by atoms with E-state index in [9.17, 15) is 0 Å². The summed E-state index contributed by atoms with van der Waals surface area (Å²) >= 11 is 0. The fourth-order valence-corrected chi connectivity index (χ4v) is 2.36. The maximum Gasteiger partial charge on any atom is 0.127 e. The van der Waals surface area contributed by atoms with Gasteiger partial charge in [-0.05, 0) is 23.4 Å². The summed E-state index contributed by atoms with van der Waals surface area (Å²) < 4.78 is 6.10. The Hall–Kier alpha value is -1.54. The Labute approximate surface area is 122 Å². The number of hydrogen-bond acceptors (Lipinski definition) is 2. The van der Waals surface area contributed by atoms with Crippen molar-refractivity contribution in [2.24, 2.45) is 5.41 Å². The zero-order valence-corrected chi connectivity index (χ0v) is 12.9. The Balaban J connectivity index is 2.16. The molecule has 0 aliphatic carbocycles. The van der Waals surface area contributed by atoms with E-state index in [4.69, 9.17) is 4.74 Å². The van der Waals surface area contributed by atoms with E-state index in [1.807, 2.05) is 6.07 Å². The molecule has 0 saturated carbocycles. The van der Waals surface area contributed by atoms with Crippen LogP contribution in [0, 0.1) is 5.41 Å². The normalized spacial score (nSPS) is 13.4. The summed E-state index contributed by atoms with van der Waals surface area (Å²) in [4.78, 5) is 0. The lowest BCUT2D eigenvalue weighted by Crippen LogP contribution is -2.44. The second-order valence-electron chi connectivity index (χ2n) is 6.26. The van der Waals surface area contributed by atoms with Crippen molar-refractivity contribution in [3.05, 3.63) is 42.5 Å². The van der Waals surface area contributed by atoms with Crippen LogP contribution in [0.3, 0.4) is 0 Å². The van der Waals surface area contributed by atoms with Gasteiger partial charge in [-0.3, -0.25) is 0 Å². The van der Waals surface area contributed by atoms with E-state index in [0.717, 1.165) is 12.3 Å². The molecule has 0 spiro atoms. The number of nitrogens with one attached hydrogen (secondary N) is 1. The van der Waals surface area contributed by atoms with E-state index in [2.05, 4.69) is 69.4 Å². The molecule has 0 bridgehead atoms. The molecule has 2 heteroatoms. The number of benzene rings is 2. The van der Waals surface area contributed by atoms with Gasteiger partial charge in [-0.25, -0.2) is 0 Å². The predicted octanol–water partition coefficient (Wildman–Crippen LogP) is 4.24. The highest BCUT2D eigenvalue weighted by atomic mass is 16.5. The monoisotopic (exact) mass is 271 g/mol. The summed E-state index contributed by atoms with van der Waals surface area (Å²) in [6, 6.07) is 14.9. The van der Waals surface area contributed by atoms with Gasteiger partial charge in [0.25, 0.3) is 0 Å². The Kier molecular flexibility index (Phi) is 4.66. The highest BCUT2D eigenvalue weighted by molar-refractivity contribution is 5.88. The fourth-order valence-electron chi connectivity index (χ4n) is 2.36. The van der Waals surface area contributed by atoms with Crippen LogP contribution >= 0.6 is 0 Å². The third-order valence-electron chi connectivity index (χ3n) is 3.65. The van der Waals surface area contributed by atoms with Gasteiger partial charge in [0.2, 0.25) is 0 Å². The summed E-state index contributed by atoms with van der Waals surface area (Å²) in [6.45, 7) is 10.5. The predicted molar refractivity (Wildman–Crippen MR) is 86.4 cm³/mol. The Bertz CT molecular complexity index is 551. The zero-order valence-electron chi connectivity index (χ0n) is 12.9. The summed E-state index contributed by atoms with van der Waals surface area (Å²) in [6.07, 6.45) is 0. The molecule has 0 aliphatic heterocycles. The van der Waals surface area contributed by atoms with Crippen molar-refractivity contribution in [1.82, 2.24) is 5.32 Å².